The van der Waals surface area contributed by atoms with Gasteiger partial charge in [-0.25, -0.2) is 4.79 Å². The highest BCUT2D eigenvalue weighted by Crippen LogP contribution is 2.19. The average Bonchev–Trinajstić information content (AvgIpc) is 3.11. The van der Waals surface area contributed by atoms with Crippen molar-refractivity contribution in [3.05, 3.63) is 45.9 Å². The summed E-state index contributed by atoms with van der Waals surface area (Å²) in [6.07, 6.45) is 2.52. The predicted octanol–water partition coefficient (Wildman–Crippen LogP) is 1.39. The Morgan fingerprint density at radius 3 is 2.41 bits per heavy atom. The normalized spacial score (nSPS) is 15.4. The van der Waals surface area contributed by atoms with Crippen molar-refractivity contribution in [2.45, 2.75) is 32.0 Å². The van der Waals surface area contributed by atoms with Gasteiger partial charge in [0, 0.05) is 33.9 Å². The maximum absolute atomic E-state index is 12.6. The van der Waals surface area contributed by atoms with Crippen LogP contribution in [0.15, 0.2) is 29.1 Å². The number of nitrogens with one attached hydrogen (secondary N) is 1. The number of rotatable bonds is 9. The van der Waals surface area contributed by atoms with Crippen molar-refractivity contribution < 1.29 is 14.2 Å². The van der Waals surface area contributed by atoms with Gasteiger partial charge in [0.15, 0.2) is 11.5 Å². The van der Waals surface area contributed by atoms with E-state index in [9.17, 15) is 4.79 Å². The number of H-pyrrole nitrogens is 1. The van der Waals surface area contributed by atoms with E-state index < -0.39 is 0 Å². The van der Waals surface area contributed by atoms with Crippen LogP contribution >= 0.6 is 0 Å². The zero-order valence-corrected chi connectivity index (χ0v) is 18.5. The summed E-state index contributed by atoms with van der Waals surface area (Å²) in [6.45, 7) is 4.06. The third kappa shape index (κ3) is 5.09. The van der Waals surface area contributed by atoms with Gasteiger partial charge in [-0.15, -0.1) is 0 Å². The number of ether oxygens (including phenoxy) is 3. The molecular formula is C22H30N6O4. The maximum Gasteiger partial charge on any atom is 0.328 e. The van der Waals surface area contributed by atoms with E-state index in [2.05, 4.69) is 32.0 Å². The van der Waals surface area contributed by atoms with Crippen LogP contribution in [0.2, 0.25) is 0 Å². The lowest BCUT2D eigenvalue weighted by Crippen LogP contribution is -2.36. The molecule has 0 atom stereocenters. The van der Waals surface area contributed by atoms with Gasteiger partial charge >= 0.3 is 11.7 Å². The third-order valence-electron chi connectivity index (χ3n) is 5.79. The minimum Gasteiger partial charge on any atom is -0.461 e. The minimum absolute atomic E-state index is 0.118. The summed E-state index contributed by atoms with van der Waals surface area (Å²) >= 11 is 0. The number of likely N-dealkylation sites (tertiary alicyclic amines) is 1. The predicted molar refractivity (Wildman–Crippen MR) is 121 cm³/mol. The van der Waals surface area contributed by atoms with Crippen LogP contribution in [0, 0.1) is 0 Å². The second kappa shape index (κ2) is 10.1. The fourth-order valence-electron chi connectivity index (χ4n) is 3.95. The zero-order valence-electron chi connectivity index (χ0n) is 18.5. The van der Waals surface area contributed by atoms with Gasteiger partial charge in [-0.05, 0) is 24.0 Å². The van der Waals surface area contributed by atoms with Gasteiger partial charge in [0.1, 0.15) is 12.1 Å². The van der Waals surface area contributed by atoms with Crippen molar-refractivity contribution in [3.63, 3.8) is 0 Å². The van der Waals surface area contributed by atoms with E-state index in [4.69, 9.17) is 19.9 Å². The zero-order chi connectivity index (χ0) is 22.5. The number of benzene rings is 1. The molecule has 0 bridgehead atoms. The number of hydrogen-bond acceptors (Lipinski definition) is 8. The lowest BCUT2D eigenvalue weighted by atomic mass is 10.1. The molecule has 0 radical (unpaired) electrons. The van der Waals surface area contributed by atoms with Gasteiger partial charge in [0.2, 0.25) is 0 Å². The fraction of sp³-hybridized carbons (Fsp3) is 0.500. The Bertz CT molecular complexity index is 1090. The molecule has 32 heavy (non-hydrogen) atoms. The molecule has 172 valence electrons. The number of aromatic amines is 1. The molecule has 3 N–H and O–H groups in total. The Morgan fingerprint density at radius 1 is 1.06 bits per heavy atom. The van der Waals surface area contributed by atoms with Crippen molar-refractivity contribution in [1.29, 1.82) is 0 Å². The highest BCUT2D eigenvalue weighted by atomic mass is 16.5. The van der Waals surface area contributed by atoms with Gasteiger partial charge in [-0.1, -0.05) is 24.3 Å². The molecule has 0 amide bonds. The summed E-state index contributed by atoms with van der Waals surface area (Å²) in [7, 11) is 3.37. The number of nitrogens with two attached hydrogens (primary N) is 1. The van der Waals surface area contributed by atoms with Gasteiger partial charge in [0.05, 0.1) is 19.3 Å². The smallest absolute Gasteiger partial charge is 0.328 e. The molecule has 0 saturated carbocycles. The SMILES string of the molecule is COCCOc1nc(N)c2[nH]c(=O)n(Cc3ccc(CN4CCC(OC)CC4)cc3)c2n1. The third-order valence-corrected chi connectivity index (χ3v) is 5.79. The monoisotopic (exact) mass is 442 g/mol. The summed E-state index contributed by atoms with van der Waals surface area (Å²) in [5, 5.41) is 0. The Labute approximate surface area is 186 Å². The van der Waals surface area contributed by atoms with Crippen LogP contribution in [0.4, 0.5) is 5.82 Å². The van der Waals surface area contributed by atoms with Crippen LogP contribution < -0.4 is 16.2 Å². The first-order valence-corrected chi connectivity index (χ1v) is 10.8. The molecule has 3 heterocycles. The van der Waals surface area contributed by atoms with E-state index >= 15 is 0 Å². The van der Waals surface area contributed by atoms with Crippen molar-refractivity contribution >= 4 is 17.0 Å². The van der Waals surface area contributed by atoms with Crippen molar-refractivity contribution in [3.8, 4) is 6.01 Å². The lowest BCUT2D eigenvalue weighted by Gasteiger charge is -2.31. The number of anilines is 1. The van der Waals surface area contributed by atoms with Gasteiger partial charge in [0.25, 0.3) is 0 Å². The first-order chi connectivity index (χ1) is 15.6. The van der Waals surface area contributed by atoms with E-state index in [-0.39, 0.29) is 17.5 Å². The second-order valence-electron chi connectivity index (χ2n) is 7.98. The number of nitrogen functional groups attached to an aromatic ring is 1. The van der Waals surface area contributed by atoms with E-state index in [1.54, 1.807) is 18.8 Å². The molecule has 0 spiro atoms. The Hall–Kier alpha value is -2.95. The number of aromatic nitrogens is 4. The highest BCUT2D eigenvalue weighted by Gasteiger charge is 2.19. The fourth-order valence-corrected chi connectivity index (χ4v) is 3.95. The van der Waals surface area contributed by atoms with Gasteiger partial charge < -0.3 is 24.9 Å². The average molecular weight is 443 g/mol. The first kappa shape index (κ1) is 22.3. The molecular weight excluding hydrogens is 412 g/mol. The highest BCUT2D eigenvalue weighted by molar-refractivity contribution is 5.81. The molecule has 3 aromatic rings. The van der Waals surface area contributed by atoms with E-state index in [1.807, 2.05) is 12.1 Å². The quantitative estimate of drug-likeness (QED) is 0.477. The van der Waals surface area contributed by atoms with Gasteiger partial charge in [-0.2, -0.15) is 9.97 Å². The molecule has 10 nitrogen and oxygen atoms in total. The number of nitrogens with zero attached hydrogens (tertiary/aromatic N) is 4. The topological polar surface area (TPSA) is 121 Å². The number of hydrogen-bond donors (Lipinski definition) is 2. The van der Waals surface area contributed by atoms with Crippen LogP contribution in [0.25, 0.3) is 11.2 Å². The molecule has 2 aromatic heterocycles. The Kier molecular flexibility index (Phi) is 7.03. The van der Waals surface area contributed by atoms with Crippen LogP contribution in [-0.4, -0.2) is 71.0 Å². The number of piperidine rings is 1. The number of imidazole rings is 1. The maximum atomic E-state index is 12.6. The summed E-state index contributed by atoms with van der Waals surface area (Å²) in [5.41, 5.74) is 8.78. The molecule has 0 aliphatic carbocycles. The number of fused-ring (bicyclic) bond motifs is 1. The molecule has 1 fully saturated rings. The number of methoxy groups -OCH3 is 2. The van der Waals surface area contributed by atoms with Crippen LogP contribution in [0.1, 0.15) is 24.0 Å². The van der Waals surface area contributed by atoms with E-state index in [0.717, 1.165) is 38.0 Å². The molecule has 1 aromatic carbocycles. The van der Waals surface area contributed by atoms with Crippen molar-refractivity contribution in [1.82, 2.24) is 24.4 Å². The summed E-state index contributed by atoms with van der Waals surface area (Å²) in [4.78, 5) is 26.2. The van der Waals surface area contributed by atoms with E-state index in [0.29, 0.717) is 37.0 Å². The summed E-state index contributed by atoms with van der Waals surface area (Å²) < 4.78 is 17.4. The first-order valence-electron chi connectivity index (χ1n) is 10.8. The van der Waals surface area contributed by atoms with Crippen LogP contribution in [-0.2, 0) is 22.6 Å². The minimum atomic E-state index is -0.292. The Morgan fingerprint density at radius 2 is 1.75 bits per heavy atom. The van der Waals surface area contributed by atoms with Gasteiger partial charge in [-0.3, -0.25) is 9.47 Å². The standard InChI is InChI=1S/C22H30N6O4/c1-30-11-12-32-21-25-19(23)18-20(26-21)28(22(29)24-18)14-16-5-3-15(4-6-16)13-27-9-7-17(31-2)8-10-27/h3-6,17H,7-14H2,1-2H3,(H,24,29)(H2,23,25,26). The van der Waals surface area contributed by atoms with E-state index in [1.165, 1.54) is 5.56 Å². The van der Waals surface area contributed by atoms with Crippen LogP contribution in [0.3, 0.4) is 0 Å². The molecule has 1 aliphatic rings. The summed E-state index contributed by atoms with van der Waals surface area (Å²) in [5.74, 6) is 0.172. The molecule has 1 aliphatic heterocycles. The second-order valence-corrected chi connectivity index (χ2v) is 7.98. The molecule has 1 saturated heterocycles. The molecule has 4 rings (SSSR count). The largest absolute Gasteiger partial charge is 0.461 e. The molecule has 10 heteroatoms. The van der Waals surface area contributed by atoms with Crippen LogP contribution in [0.5, 0.6) is 6.01 Å². The molecule has 0 unspecified atom stereocenters. The lowest BCUT2D eigenvalue weighted by molar-refractivity contribution is 0.0388. The summed E-state index contributed by atoms with van der Waals surface area (Å²) in [6, 6.07) is 8.43. The van der Waals surface area contributed by atoms with Crippen molar-refractivity contribution in [2.24, 2.45) is 0 Å². The Balaban J connectivity index is 1.47. The van der Waals surface area contributed by atoms with Crippen molar-refractivity contribution in [2.75, 3.05) is 46.3 Å².